The SMILES string of the molecule is c1ccc(-c2nc(-c3ccccc3)nc(-c3ccc(-n4c5ccccc5c5cc(-c6cccc7c6oc6ccccc67)ccc54)nc3)n2)cc1.c1ccc(-c2nc(-c3ccccc3)nc(-c3cccc(-n4c5ccccc5c5cc(-c6cccc7c6oc6ccccc67)ccc54)c3)n2)cc1. The number of rotatable bonds is 10. The van der Waals surface area contributed by atoms with E-state index >= 15 is 0 Å². The van der Waals surface area contributed by atoms with Gasteiger partial charge in [0.2, 0.25) is 0 Å². The van der Waals surface area contributed by atoms with Gasteiger partial charge in [-0.3, -0.25) is 4.57 Å². The lowest BCUT2D eigenvalue weighted by molar-refractivity contribution is 0.669. The van der Waals surface area contributed by atoms with Crippen LogP contribution in [0, 0.1) is 0 Å². The molecule has 7 aromatic heterocycles. The lowest BCUT2D eigenvalue weighted by Gasteiger charge is -2.12. The number of para-hydroxylation sites is 6. The summed E-state index contributed by atoms with van der Waals surface area (Å²) in [5, 5.41) is 9.17. The lowest BCUT2D eigenvalue weighted by Crippen LogP contribution is -2.01. The first kappa shape index (κ1) is 57.7. The van der Waals surface area contributed by atoms with Crippen molar-refractivity contribution in [1.82, 2.24) is 44.0 Å². The van der Waals surface area contributed by atoms with Crippen molar-refractivity contribution >= 4 is 87.5 Å². The summed E-state index contributed by atoms with van der Waals surface area (Å²) in [6.45, 7) is 0. The summed E-state index contributed by atoms with van der Waals surface area (Å²) in [5.74, 6) is 4.54. The molecule has 0 spiro atoms. The van der Waals surface area contributed by atoms with Crippen LogP contribution in [-0.2, 0) is 0 Å². The Hall–Kier alpha value is -13.8. The molecule has 11 heteroatoms. The lowest BCUT2D eigenvalue weighted by atomic mass is 10.0. The zero-order valence-corrected chi connectivity index (χ0v) is 53.6. The van der Waals surface area contributed by atoms with Crippen LogP contribution in [0.15, 0.2) is 343 Å². The van der Waals surface area contributed by atoms with Crippen molar-refractivity contribution in [3.63, 3.8) is 0 Å². The molecule has 468 valence electrons. The molecule has 7 heterocycles. The second kappa shape index (κ2) is 24.2. The number of hydrogen-bond acceptors (Lipinski definition) is 9. The highest BCUT2D eigenvalue weighted by atomic mass is 16.3. The predicted octanol–water partition coefficient (Wildman–Crippen LogP) is 22.5. The second-order valence-corrected chi connectivity index (χ2v) is 24.8. The standard InChI is InChI=1S/C45H28N4O.C44H27N5O/c1-3-13-29(14-4-1)43-46-44(30-15-5-2-6-16-30)48-45(47-43)32-17-11-18-33(27-32)49-39-23-9-7-19-35(39)38-28-31(25-26-40(38)49)34-21-12-22-37-36-20-8-10-24-41(36)50-42(34)37;1-3-12-28(13-4-1)42-46-43(29-14-5-2-6-15-29)48-44(47-42)31-23-25-40(45-27-31)49-37-20-9-7-16-33(37)36-26-30(22-24-38(36)49)32-18-11-19-35-34-17-8-10-21-39(34)50-41(32)35/h1-28H;1-27H. The molecule has 20 rings (SSSR count). The average Bonchev–Trinajstić information content (AvgIpc) is 1.59. The molecule has 20 aromatic rings. The van der Waals surface area contributed by atoms with Crippen LogP contribution in [0.5, 0.6) is 0 Å². The summed E-state index contributed by atoms with van der Waals surface area (Å²) in [6, 6.07) is 112. The van der Waals surface area contributed by atoms with Crippen molar-refractivity contribution in [2.24, 2.45) is 0 Å². The first-order valence-electron chi connectivity index (χ1n) is 33.3. The van der Waals surface area contributed by atoms with Gasteiger partial charge in [0.15, 0.2) is 34.9 Å². The van der Waals surface area contributed by atoms with E-state index in [1.807, 2.05) is 164 Å². The maximum absolute atomic E-state index is 6.42. The van der Waals surface area contributed by atoms with E-state index in [-0.39, 0.29) is 0 Å². The number of hydrogen-bond donors (Lipinski definition) is 0. The third-order valence-corrected chi connectivity index (χ3v) is 18.8. The Labute approximate surface area is 572 Å². The van der Waals surface area contributed by atoms with Crippen LogP contribution in [0.3, 0.4) is 0 Å². The molecule has 0 aliphatic carbocycles. The minimum atomic E-state index is 0.573. The van der Waals surface area contributed by atoms with Gasteiger partial charge in [-0.1, -0.05) is 255 Å². The average molecular weight is 1280 g/mol. The largest absolute Gasteiger partial charge is 0.455 e. The van der Waals surface area contributed by atoms with Gasteiger partial charge in [-0.2, -0.15) is 0 Å². The molecule has 0 aliphatic rings. The molecule has 13 aromatic carbocycles. The topological polar surface area (TPSA) is 126 Å². The van der Waals surface area contributed by atoms with Gasteiger partial charge in [0.05, 0.1) is 22.1 Å². The number of fused-ring (bicyclic) bond motifs is 12. The van der Waals surface area contributed by atoms with Crippen LogP contribution >= 0.6 is 0 Å². The second-order valence-electron chi connectivity index (χ2n) is 24.8. The van der Waals surface area contributed by atoms with Gasteiger partial charge in [-0.15, -0.1) is 0 Å². The number of pyridine rings is 1. The maximum atomic E-state index is 6.42. The highest BCUT2D eigenvalue weighted by Gasteiger charge is 2.22. The van der Waals surface area contributed by atoms with Gasteiger partial charge in [0.25, 0.3) is 0 Å². The fourth-order valence-electron chi connectivity index (χ4n) is 14.1. The molecule has 0 saturated heterocycles. The van der Waals surface area contributed by atoms with Crippen molar-refractivity contribution in [2.75, 3.05) is 0 Å². The Morgan fingerprint density at radius 2 is 0.570 bits per heavy atom. The molecule has 0 N–H and O–H groups in total. The summed E-state index contributed by atoms with van der Waals surface area (Å²) in [7, 11) is 0. The van der Waals surface area contributed by atoms with E-state index in [1.54, 1.807) is 0 Å². The van der Waals surface area contributed by atoms with Gasteiger partial charge in [0.1, 0.15) is 28.1 Å². The summed E-state index contributed by atoms with van der Waals surface area (Å²) in [4.78, 5) is 34.5. The van der Waals surface area contributed by atoms with Crippen LogP contribution < -0.4 is 0 Å². The monoisotopic (exact) mass is 1280 g/mol. The highest BCUT2D eigenvalue weighted by molar-refractivity contribution is 6.15. The Kier molecular flexibility index (Phi) is 13.9. The predicted molar refractivity (Wildman–Crippen MR) is 404 cm³/mol. The number of benzene rings is 13. The van der Waals surface area contributed by atoms with Crippen molar-refractivity contribution in [1.29, 1.82) is 0 Å². The van der Waals surface area contributed by atoms with Gasteiger partial charge in [0, 0.05) is 99.5 Å². The minimum absolute atomic E-state index is 0.573. The van der Waals surface area contributed by atoms with Gasteiger partial charge < -0.3 is 13.4 Å². The van der Waals surface area contributed by atoms with Crippen LogP contribution in [0.1, 0.15) is 0 Å². The number of aromatic nitrogens is 9. The number of furan rings is 2. The minimum Gasteiger partial charge on any atom is -0.455 e. The molecule has 0 radical (unpaired) electrons. The van der Waals surface area contributed by atoms with Gasteiger partial charge >= 0.3 is 0 Å². The van der Waals surface area contributed by atoms with E-state index in [4.69, 9.17) is 43.7 Å². The van der Waals surface area contributed by atoms with E-state index in [0.29, 0.717) is 34.9 Å². The zero-order chi connectivity index (χ0) is 66.0. The molecule has 0 saturated carbocycles. The molecule has 0 fully saturated rings. The Morgan fingerprint density at radius 3 is 1.03 bits per heavy atom. The fraction of sp³-hybridized carbons (Fsp3) is 0. The summed E-state index contributed by atoms with van der Waals surface area (Å²) in [5.41, 5.74) is 18.9. The van der Waals surface area contributed by atoms with E-state index in [2.05, 4.69) is 179 Å². The molecule has 11 nitrogen and oxygen atoms in total. The van der Waals surface area contributed by atoms with Crippen molar-refractivity contribution in [3.05, 3.63) is 334 Å². The zero-order valence-electron chi connectivity index (χ0n) is 53.6. The molecule has 0 bridgehead atoms. The Balaban J connectivity index is 0.000000139. The first-order chi connectivity index (χ1) is 49.6. The summed E-state index contributed by atoms with van der Waals surface area (Å²) >= 11 is 0. The third kappa shape index (κ3) is 10.1. The quantitative estimate of drug-likeness (QED) is 0.132. The maximum Gasteiger partial charge on any atom is 0.165 e. The number of nitrogens with zero attached hydrogens (tertiary/aromatic N) is 9. The van der Waals surface area contributed by atoms with Crippen molar-refractivity contribution in [2.45, 2.75) is 0 Å². The molecular weight excluding hydrogens is 1230 g/mol. The third-order valence-electron chi connectivity index (χ3n) is 18.8. The normalized spacial score (nSPS) is 11.6. The Morgan fingerprint density at radius 1 is 0.220 bits per heavy atom. The Bertz CT molecular complexity index is 6410. The smallest absolute Gasteiger partial charge is 0.165 e. The van der Waals surface area contributed by atoms with Crippen molar-refractivity contribution < 1.29 is 8.83 Å². The van der Waals surface area contributed by atoms with Crippen LogP contribution in [-0.4, -0.2) is 44.0 Å². The van der Waals surface area contributed by atoms with E-state index in [9.17, 15) is 0 Å². The van der Waals surface area contributed by atoms with Gasteiger partial charge in [-0.25, -0.2) is 34.9 Å². The summed E-state index contributed by atoms with van der Waals surface area (Å²) in [6.07, 6.45) is 1.85. The van der Waals surface area contributed by atoms with Crippen LogP contribution in [0.25, 0.3) is 190 Å². The molecule has 100 heavy (non-hydrogen) atoms. The first-order valence-corrected chi connectivity index (χ1v) is 33.3. The molecule has 0 unspecified atom stereocenters. The van der Waals surface area contributed by atoms with Crippen LogP contribution in [0.2, 0.25) is 0 Å². The van der Waals surface area contributed by atoms with E-state index < -0.39 is 0 Å². The fourth-order valence-corrected chi connectivity index (χ4v) is 14.1. The molecular formula is C89H55N9O2. The molecule has 0 aliphatic heterocycles. The van der Waals surface area contributed by atoms with Gasteiger partial charge in [-0.05, 0) is 83.9 Å². The van der Waals surface area contributed by atoms with E-state index in [0.717, 1.165) is 144 Å². The molecule has 0 amide bonds. The highest BCUT2D eigenvalue weighted by Crippen LogP contribution is 2.43. The summed E-state index contributed by atoms with van der Waals surface area (Å²) < 4.78 is 17.4. The van der Waals surface area contributed by atoms with Crippen LogP contribution in [0.4, 0.5) is 0 Å². The molecule has 0 atom stereocenters. The van der Waals surface area contributed by atoms with Crippen molar-refractivity contribution in [3.8, 4) is 102 Å². The van der Waals surface area contributed by atoms with E-state index in [1.165, 1.54) is 10.8 Å².